The minimum atomic E-state index is -4.34. The van der Waals surface area contributed by atoms with Crippen LogP contribution in [0.1, 0.15) is 245 Å². The smallest absolute Gasteiger partial charge is 0.387 e. The van der Waals surface area contributed by atoms with E-state index in [9.17, 15) is 19.4 Å². The van der Waals surface area contributed by atoms with E-state index < -0.39 is 20.0 Å². The molecule has 3 atom stereocenters. The second kappa shape index (κ2) is 43.2. The summed E-state index contributed by atoms with van der Waals surface area (Å²) in [7, 11) is 1.56. The van der Waals surface area contributed by atoms with E-state index >= 15 is 0 Å². The Morgan fingerprint density at radius 2 is 0.917 bits per heavy atom. The zero-order valence-corrected chi connectivity index (χ0v) is 41.4. The van der Waals surface area contributed by atoms with Crippen molar-refractivity contribution in [1.82, 2.24) is 5.32 Å². The molecular weight excluding hydrogens is 768 g/mol. The Bertz CT molecular complexity index is 1030. The van der Waals surface area contributed by atoms with Gasteiger partial charge in [0.1, 0.15) is 13.2 Å². The maximum absolute atomic E-state index is 12.9. The van der Waals surface area contributed by atoms with Gasteiger partial charge < -0.3 is 19.8 Å². The van der Waals surface area contributed by atoms with Gasteiger partial charge in [-0.05, 0) is 32.1 Å². The summed E-state index contributed by atoms with van der Waals surface area (Å²) in [5.74, 6) is -0.185. The van der Waals surface area contributed by atoms with Crippen LogP contribution in [-0.2, 0) is 18.4 Å². The molecule has 0 spiro atoms. The number of aliphatic hydroxyl groups is 1. The van der Waals surface area contributed by atoms with Gasteiger partial charge in [0.15, 0.2) is 0 Å². The highest BCUT2D eigenvalue weighted by molar-refractivity contribution is 7.47. The molecule has 8 nitrogen and oxygen atoms in total. The number of allylic oxidation sites excluding steroid dienone is 3. The highest BCUT2D eigenvalue weighted by Crippen LogP contribution is 2.43. The predicted octanol–water partition coefficient (Wildman–Crippen LogP) is 14.9. The number of aliphatic hydroxyl groups excluding tert-OH is 1. The Hall–Kier alpha value is -1.02. The highest BCUT2D eigenvalue weighted by atomic mass is 31.2. The van der Waals surface area contributed by atoms with E-state index in [-0.39, 0.29) is 19.1 Å². The van der Waals surface area contributed by atoms with Gasteiger partial charge >= 0.3 is 7.82 Å². The van der Waals surface area contributed by atoms with E-state index in [2.05, 4.69) is 31.3 Å². The van der Waals surface area contributed by atoms with E-state index in [0.717, 1.165) is 38.5 Å². The van der Waals surface area contributed by atoms with Crippen molar-refractivity contribution in [2.75, 3.05) is 40.9 Å². The van der Waals surface area contributed by atoms with Gasteiger partial charge in [0.2, 0.25) is 5.91 Å². The molecule has 0 aromatic rings. The van der Waals surface area contributed by atoms with Gasteiger partial charge in [0.05, 0.1) is 39.9 Å². The summed E-state index contributed by atoms with van der Waals surface area (Å²) in [4.78, 5) is 23.1. The van der Waals surface area contributed by atoms with Crippen LogP contribution in [0.2, 0.25) is 0 Å². The normalized spacial score (nSPS) is 14.3. The maximum atomic E-state index is 12.9. The van der Waals surface area contributed by atoms with Crippen LogP contribution in [0.15, 0.2) is 24.3 Å². The van der Waals surface area contributed by atoms with Gasteiger partial charge in [-0.3, -0.25) is 13.8 Å². The lowest BCUT2D eigenvalue weighted by Crippen LogP contribution is -2.45. The molecule has 0 saturated heterocycles. The molecule has 0 rings (SSSR count). The topological polar surface area (TPSA) is 105 Å². The number of rotatable bonds is 47. The van der Waals surface area contributed by atoms with Crippen molar-refractivity contribution in [3.05, 3.63) is 24.3 Å². The lowest BCUT2D eigenvalue weighted by Gasteiger charge is -2.25. The van der Waals surface area contributed by atoms with E-state index in [1.807, 2.05) is 27.2 Å². The molecule has 60 heavy (non-hydrogen) atoms. The number of carbonyl (C=O) groups excluding carboxylic acids is 1. The number of carbonyl (C=O) groups is 1. The number of phosphoric acid groups is 1. The molecule has 0 radical (unpaired) electrons. The zero-order valence-electron chi connectivity index (χ0n) is 40.5. The fraction of sp³-hybridized carbons (Fsp3) is 0.902. The first-order valence-corrected chi connectivity index (χ1v) is 27.2. The zero-order chi connectivity index (χ0) is 44.3. The Morgan fingerprint density at radius 1 is 0.550 bits per heavy atom. The summed E-state index contributed by atoms with van der Waals surface area (Å²) in [5, 5.41) is 13.9. The molecular formula is C51H102N2O6P+. The lowest BCUT2D eigenvalue weighted by molar-refractivity contribution is -0.870. The first-order chi connectivity index (χ1) is 29.0. The van der Waals surface area contributed by atoms with Crippen LogP contribution < -0.4 is 5.32 Å². The summed E-state index contributed by atoms with van der Waals surface area (Å²) in [6.45, 7) is 4.81. The van der Waals surface area contributed by atoms with Crippen LogP contribution in [0.4, 0.5) is 0 Å². The van der Waals surface area contributed by atoms with Crippen LogP contribution in [0.25, 0.3) is 0 Å². The Morgan fingerprint density at radius 3 is 1.33 bits per heavy atom. The third kappa shape index (κ3) is 45.0. The van der Waals surface area contributed by atoms with Gasteiger partial charge in [-0.15, -0.1) is 0 Å². The molecule has 0 bridgehead atoms. The van der Waals surface area contributed by atoms with Crippen molar-refractivity contribution in [3.63, 3.8) is 0 Å². The number of nitrogens with one attached hydrogen (secondary N) is 1. The van der Waals surface area contributed by atoms with Crippen LogP contribution in [-0.4, -0.2) is 73.4 Å². The van der Waals surface area contributed by atoms with Crippen molar-refractivity contribution >= 4 is 13.7 Å². The highest BCUT2D eigenvalue weighted by Gasteiger charge is 2.27. The Balaban J connectivity index is 4.27. The standard InChI is InChI=1S/C51H101N2O6P/c1-6-8-10-12-14-16-18-20-21-22-23-24-25-26-27-28-29-30-31-33-34-36-38-40-42-44-50(54)49(48-59-60(56,57)58-47-46-53(3,4)5)52-51(55)45-43-41-39-37-35-32-19-17-15-13-11-9-7-2/h34,36,42,44,49-50,54H,6-33,35,37-41,43,45-48H2,1-5H3,(H-,52,55,56,57)/p+1/b36-34+,44-42+. The number of unbranched alkanes of at least 4 members (excludes halogenated alkanes) is 32. The SMILES string of the molecule is CCCCCCCCCCCCCCCCCCCCC/C=C/CC/C=C/C(O)C(COP(=O)(O)OCC[N+](C)(C)C)NC(=O)CCCCCCCCCCCCCCC. The van der Waals surface area contributed by atoms with Crippen molar-refractivity contribution in [2.24, 2.45) is 0 Å². The quantitative estimate of drug-likeness (QED) is 0.0243. The fourth-order valence-electron chi connectivity index (χ4n) is 7.59. The van der Waals surface area contributed by atoms with Gasteiger partial charge in [0.25, 0.3) is 0 Å². The van der Waals surface area contributed by atoms with Crippen LogP contribution >= 0.6 is 7.82 Å². The van der Waals surface area contributed by atoms with Crippen molar-refractivity contribution < 1.29 is 32.9 Å². The molecule has 0 fully saturated rings. The minimum absolute atomic E-state index is 0.0584. The number of likely N-dealkylation sites (N-methyl/N-ethyl adjacent to an activating group) is 1. The second-order valence-electron chi connectivity index (χ2n) is 18.9. The molecule has 0 saturated carbocycles. The van der Waals surface area contributed by atoms with E-state index in [1.54, 1.807) is 6.08 Å². The summed E-state index contributed by atoms with van der Waals surface area (Å²) < 4.78 is 23.6. The lowest BCUT2D eigenvalue weighted by atomic mass is 10.0. The van der Waals surface area contributed by atoms with Crippen LogP contribution in [0, 0.1) is 0 Å². The van der Waals surface area contributed by atoms with Gasteiger partial charge in [0, 0.05) is 6.42 Å². The first-order valence-electron chi connectivity index (χ1n) is 25.7. The van der Waals surface area contributed by atoms with Crippen LogP contribution in [0.3, 0.4) is 0 Å². The van der Waals surface area contributed by atoms with Crippen molar-refractivity contribution in [2.45, 2.75) is 257 Å². The first kappa shape index (κ1) is 59.0. The van der Waals surface area contributed by atoms with E-state index in [4.69, 9.17) is 9.05 Å². The average molecular weight is 870 g/mol. The van der Waals surface area contributed by atoms with Gasteiger partial charge in [-0.25, -0.2) is 4.57 Å². The monoisotopic (exact) mass is 870 g/mol. The van der Waals surface area contributed by atoms with E-state index in [0.29, 0.717) is 17.4 Å². The second-order valence-corrected chi connectivity index (χ2v) is 20.4. The summed E-state index contributed by atoms with van der Waals surface area (Å²) in [6.07, 6.45) is 52.7. The summed E-state index contributed by atoms with van der Waals surface area (Å²) in [5.41, 5.74) is 0. The molecule has 3 N–H and O–H groups in total. The maximum Gasteiger partial charge on any atom is 0.472 e. The molecule has 0 aliphatic carbocycles. The van der Waals surface area contributed by atoms with Gasteiger partial charge in [-0.2, -0.15) is 0 Å². The Kier molecular flexibility index (Phi) is 42.5. The number of hydrogen-bond acceptors (Lipinski definition) is 5. The number of nitrogens with zero attached hydrogens (tertiary/aromatic N) is 1. The summed E-state index contributed by atoms with van der Waals surface area (Å²) in [6, 6.07) is -0.858. The van der Waals surface area contributed by atoms with E-state index in [1.165, 1.54) is 186 Å². The average Bonchev–Trinajstić information content (AvgIpc) is 3.20. The largest absolute Gasteiger partial charge is 0.472 e. The Labute approximate surface area is 373 Å². The molecule has 1 amide bonds. The molecule has 0 aliphatic rings. The fourth-order valence-corrected chi connectivity index (χ4v) is 8.32. The number of hydrogen-bond donors (Lipinski definition) is 3. The molecule has 0 aromatic carbocycles. The number of quaternary nitrogens is 1. The molecule has 0 heterocycles. The van der Waals surface area contributed by atoms with Crippen molar-refractivity contribution in [1.29, 1.82) is 0 Å². The minimum Gasteiger partial charge on any atom is -0.387 e. The van der Waals surface area contributed by atoms with Gasteiger partial charge in [-0.1, -0.05) is 231 Å². The van der Waals surface area contributed by atoms with Crippen molar-refractivity contribution in [3.8, 4) is 0 Å². The molecule has 0 aromatic heterocycles. The van der Waals surface area contributed by atoms with Crippen LogP contribution in [0.5, 0.6) is 0 Å². The predicted molar refractivity (Wildman–Crippen MR) is 258 cm³/mol. The number of amides is 1. The third-order valence-electron chi connectivity index (χ3n) is 11.7. The molecule has 3 unspecified atom stereocenters. The molecule has 0 aliphatic heterocycles. The third-order valence-corrected chi connectivity index (χ3v) is 12.7. The molecule has 9 heteroatoms. The number of phosphoric ester groups is 1. The summed E-state index contributed by atoms with van der Waals surface area (Å²) >= 11 is 0. The molecule has 356 valence electrons.